The summed E-state index contributed by atoms with van der Waals surface area (Å²) < 4.78 is 42.2. The average molecular weight is 309 g/mol. The minimum atomic E-state index is -4.91. The molecule has 2 aromatic carbocycles. The van der Waals surface area contributed by atoms with Gasteiger partial charge < -0.3 is 10.1 Å². The van der Waals surface area contributed by atoms with Gasteiger partial charge in [-0.2, -0.15) is 13.2 Å². The number of halogens is 3. The highest BCUT2D eigenvalue weighted by Gasteiger charge is 2.38. The summed E-state index contributed by atoms with van der Waals surface area (Å²) in [5, 5.41) is 1.80. The fourth-order valence-corrected chi connectivity index (χ4v) is 1.83. The molecule has 0 aliphatic rings. The molecule has 3 nitrogen and oxygen atoms in total. The molecule has 22 heavy (non-hydrogen) atoms. The molecule has 0 aliphatic carbocycles. The normalized spacial score (nSPS) is 11.1. The Bertz CT molecular complexity index is 654. The highest BCUT2D eigenvalue weighted by atomic mass is 19.4. The largest absolute Gasteiger partial charge is 0.489 e. The molecule has 0 aliphatic heterocycles. The zero-order valence-electron chi connectivity index (χ0n) is 11.8. The van der Waals surface area contributed by atoms with Crippen LogP contribution >= 0.6 is 0 Å². The summed E-state index contributed by atoms with van der Waals surface area (Å²) >= 11 is 0. The Labute approximate surface area is 125 Å². The molecule has 0 bridgehead atoms. The Kier molecular flexibility index (Phi) is 4.70. The molecule has 1 N–H and O–H groups in total. The lowest BCUT2D eigenvalue weighted by atomic mass is 10.2. The Morgan fingerprint density at radius 2 is 1.82 bits per heavy atom. The molecule has 0 spiro atoms. The number of alkyl halides is 3. The number of aryl methyl sites for hydroxylation is 1. The molecule has 0 saturated carbocycles. The maximum Gasteiger partial charge on any atom is 0.471 e. The van der Waals surface area contributed by atoms with E-state index in [0.29, 0.717) is 17.9 Å². The van der Waals surface area contributed by atoms with E-state index in [1.54, 1.807) is 12.2 Å². The van der Waals surface area contributed by atoms with Gasteiger partial charge in [0.1, 0.15) is 12.4 Å². The SMILES string of the molecule is Cc1cc(NC(=O)C(F)(F)F)ccc1OCc1ccccc1. The molecule has 0 fully saturated rings. The van der Waals surface area contributed by atoms with Gasteiger partial charge in [0.05, 0.1) is 0 Å². The lowest BCUT2D eigenvalue weighted by Crippen LogP contribution is -2.29. The maximum absolute atomic E-state index is 12.2. The number of nitrogens with one attached hydrogen (secondary N) is 1. The van der Waals surface area contributed by atoms with Crippen LogP contribution < -0.4 is 10.1 Å². The van der Waals surface area contributed by atoms with E-state index in [1.165, 1.54) is 18.2 Å². The number of benzene rings is 2. The van der Waals surface area contributed by atoms with Crippen molar-refractivity contribution in [3.63, 3.8) is 0 Å². The van der Waals surface area contributed by atoms with E-state index in [9.17, 15) is 18.0 Å². The molecule has 6 heteroatoms. The highest BCUT2D eigenvalue weighted by molar-refractivity contribution is 5.95. The molecular weight excluding hydrogens is 295 g/mol. The Morgan fingerprint density at radius 3 is 2.41 bits per heavy atom. The molecule has 0 heterocycles. The fraction of sp³-hybridized carbons (Fsp3) is 0.188. The molecule has 0 saturated heterocycles. The molecule has 0 unspecified atom stereocenters. The van der Waals surface area contributed by atoms with Crippen molar-refractivity contribution in [3.8, 4) is 5.75 Å². The minimum Gasteiger partial charge on any atom is -0.489 e. The number of carbonyl (C=O) groups excluding carboxylic acids is 1. The second-order valence-corrected chi connectivity index (χ2v) is 4.71. The van der Waals surface area contributed by atoms with E-state index in [4.69, 9.17) is 4.74 Å². The summed E-state index contributed by atoms with van der Waals surface area (Å²) in [5.41, 5.74) is 1.69. The van der Waals surface area contributed by atoms with Crippen molar-refractivity contribution in [2.45, 2.75) is 19.7 Å². The highest BCUT2D eigenvalue weighted by Crippen LogP contribution is 2.24. The van der Waals surface area contributed by atoms with Crippen molar-refractivity contribution in [2.24, 2.45) is 0 Å². The number of amides is 1. The monoisotopic (exact) mass is 309 g/mol. The number of anilines is 1. The third kappa shape index (κ3) is 4.25. The molecule has 0 aromatic heterocycles. The quantitative estimate of drug-likeness (QED) is 0.924. The van der Waals surface area contributed by atoms with E-state index < -0.39 is 12.1 Å². The molecule has 2 rings (SSSR count). The first-order chi connectivity index (χ1) is 10.4. The van der Waals surface area contributed by atoms with Gasteiger partial charge in [-0.15, -0.1) is 0 Å². The van der Waals surface area contributed by atoms with Gasteiger partial charge >= 0.3 is 12.1 Å². The van der Waals surface area contributed by atoms with Gasteiger partial charge in [-0.3, -0.25) is 4.79 Å². The summed E-state index contributed by atoms with van der Waals surface area (Å²) in [6, 6.07) is 13.8. The number of ether oxygens (including phenoxy) is 1. The Balaban J connectivity index is 2.02. The third-order valence-corrected chi connectivity index (χ3v) is 2.93. The molecule has 0 radical (unpaired) electrons. The second kappa shape index (κ2) is 6.51. The van der Waals surface area contributed by atoms with Crippen LogP contribution in [0.3, 0.4) is 0 Å². The standard InChI is InChI=1S/C16H14F3NO2/c1-11-9-13(20-15(21)16(17,18)19)7-8-14(11)22-10-12-5-3-2-4-6-12/h2-9H,10H2,1H3,(H,20,21). The van der Waals surface area contributed by atoms with Gasteiger partial charge in [-0.25, -0.2) is 0 Å². The lowest BCUT2D eigenvalue weighted by Gasteiger charge is -2.12. The predicted molar refractivity (Wildman–Crippen MR) is 76.6 cm³/mol. The molecule has 0 atom stereocenters. The molecule has 1 amide bonds. The topological polar surface area (TPSA) is 38.3 Å². The van der Waals surface area contributed by atoms with Gasteiger partial charge in [0.25, 0.3) is 0 Å². The van der Waals surface area contributed by atoms with Crippen molar-refractivity contribution in [1.29, 1.82) is 0 Å². The first-order valence-electron chi connectivity index (χ1n) is 6.52. The summed E-state index contributed by atoms with van der Waals surface area (Å²) in [6.45, 7) is 2.06. The van der Waals surface area contributed by atoms with Crippen molar-refractivity contribution < 1.29 is 22.7 Å². The van der Waals surface area contributed by atoms with Crippen LogP contribution in [0.15, 0.2) is 48.5 Å². The minimum absolute atomic E-state index is 0.0758. The number of carbonyl (C=O) groups is 1. The lowest BCUT2D eigenvalue weighted by molar-refractivity contribution is -0.167. The predicted octanol–water partition coefficient (Wildman–Crippen LogP) is 4.07. The van der Waals surface area contributed by atoms with E-state index in [0.717, 1.165) is 5.56 Å². The number of hydrogen-bond acceptors (Lipinski definition) is 2. The van der Waals surface area contributed by atoms with Gasteiger partial charge in [0.15, 0.2) is 0 Å². The van der Waals surface area contributed by atoms with Crippen LogP contribution in [0.1, 0.15) is 11.1 Å². The zero-order valence-corrected chi connectivity index (χ0v) is 11.8. The van der Waals surface area contributed by atoms with Crippen LogP contribution in [0.5, 0.6) is 5.75 Å². The van der Waals surface area contributed by atoms with Crippen molar-refractivity contribution in [3.05, 3.63) is 59.7 Å². The van der Waals surface area contributed by atoms with Gasteiger partial charge in [0.2, 0.25) is 0 Å². The average Bonchev–Trinajstić information content (AvgIpc) is 2.46. The van der Waals surface area contributed by atoms with Crippen LogP contribution in [-0.2, 0) is 11.4 Å². The van der Waals surface area contributed by atoms with E-state index in [1.807, 2.05) is 30.3 Å². The van der Waals surface area contributed by atoms with Crippen molar-refractivity contribution in [1.82, 2.24) is 0 Å². The summed E-state index contributed by atoms with van der Waals surface area (Å²) in [4.78, 5) is 10.9. The molecule has 2 aromatic rings. The maximum atomic E-state index is 12.2. The van der Waals surface area contributed by atoms with Crippen LogP contribution in [0.25, 0.3) is 0 Å². The van der Waals surface area contributed by atoms with Crippen molar-refractivity contribution in [2.75, 3.05) is 5.32 Å². The van der Waals surface area contributed by atoms with Crippen LogP contribution in [-0.4, -0.2) is 12.1 Å². The summed E-state index contributed by atoms with van der Waals surface area (Å²) in [5.74, 6) is -1.45. The summed E-state index contributed by atoms with van der Waals surface area (Å²) in [6.07, 6.45) is -4.91. The van der Waals surface area contributed by atoms with Gasteiger partial charge in [-0.1, -0.05) is 30.3 Å². The fourth-order valence-electron chi connectivity index (χ4n) is 1.83. The zero-order chi connectivity index (χ0) is 16.2. The van der Waals surface area contributed by atoms with Gasteiger partial charge in [-0.05, 0) is 36.2 Å². The molecule has 116 valence electrons. The van der Waals surface area contributed by atoms with Gasteiger partial charge in [0, 0.05) is 5.69 Å². The smallest absolute Gasteiger partial charge is 0.471 e. The second-order valence-electron chi connectivity index (χ2n) is 4.71. The van der Waals surface area contributed by atoms with E-state index in [2.05, 4.69) is 0 Å². The van der Waals surface area contributed by atoms with Crippen LogP contribution in [0.2, 0.25) is 0 Å². The van der Waals surface area contributed by atoms with Crippen molar-refractivity contribution >= 4 is 11.6 Å². The Morgan fingerprint density at radius 1 is 1.14 bits per heavy atom. The number of hydrogen-bond donors (Lipinski definition) is 1. The number of rotatable bonds is 4. The third-order valence-electron chi connectivity index (χ3n) is 2.93. The van der Waals surface area contributed by atoms with E-state index in [-0.39, 0.29) is 5.69 Å². The van der Waals surface area contributed by atoms with Crippen LogP contribution in [0.4, 0.5) is 18.9 Å². The van der Waals surface area contributed by atoms with Crippen LogP contribution in [0, 0.1) is 6.92 Å². The van der Waals surface area contributed by atoms with E-state index >= 15 is 0 Å². The Hall–Kier alpha value is -2.50. The molecular formula is C16H14F3NO2. The summed E-state index contributed by atoms with van der Waals surface area (Å²) in [7, 11) is 0. The first kappa shape index (κ1) is 15.9. The first-order valence-corrected chi connectivity index (χ1v) is 6.52.